The van der Waals surface area contributed by atoms with Crippen molar-refractivity contribution in [2.75, 3.05) is 26.4 Å². The highest BCUT2D eigenvalue weighted by Crippen LogP contribution is 2.53. The van der Waals surface area contributed by atoms with E-state index in [0.717, 1.165) is 50.4 Å². The molecule has 2 aromatic carbocycles. The van der Waals surface area contributed by atoms with Crippen molar-refractivity contribution in [3.05, 3.63) is 57.6 Å². The second-order valence-corrected chi connectivity index (χ2v) is 26.4. The van der Waals surface area contributed by atoms with Gasteiger partial charge in [-0.1, -0.05) is 177 Å². The molecule has 0 aliphatic carbocycles. The molecule has 0 saturated carbocycles. The average molecular weight is 789 g/mol. The van der Waals surface area contributed by atoms with Gasteiger partial charge in [0.05, 0.1) is 13.2 Å². The molecule has 4 rings (SSSR count). The molecule has 0 N–H and O–H groups in total. The monoisotopic (exact) mass is 789 g/mol. The molecule has 57 heavy (non-hydrogen) atoms. The number of epoxide rings is 2. The summed E-state index contributed by atoms with van der Waals surface area (Å²) in [6, 6.07) is 10.1. The summed E-state index contributed by atoms with van der Waals surface area (Å²) in [5, 5.41) is 0. The van der Waals surface area contributed by atoms with Gasteiger partial charge in [-0.2, -0.15) is 0 Å². The molecule has 0 radical (unpaired) electrons. The Morgan fingerprint density at radius 1 is 0.404 bits per heavy atom. The topological polar surface area (TPSA) is 43.5 Å². The molecule has 324 valence electrons. The predicted molar refractivity (Wildman–Crippen MR) is 244 cm³/mol. The molecule has 2 unspecified atom stereocenters. The van der Waals surface area contributed by atoms with E-state index in [-0.39, 0.29) is 60.9 Å². The van der Waals surface area contributed by atoms with Crippen LogP contribution in [0.3, 0.4) is 0 Å². The summed E-state index contributed by atoms with van der Waals surface area (Å²) in [5.41, 5.74) is 7.56. The van der Waals surface area contributed by atoms with Crippen LogP contribution in [0.2, 0.25) is 0 Å². The van der Waals surface area contributed by atoms with E-state index < -0.39 is 0 Å². The number of benzene rings is 2. The molecule has 0 aromatic heterocycles. The van der Waals surface area contributed by atoms with Crippen LogP contribution in [0.1, 0.15) is 211 Å². The molecule has 4 nitrogen and oxygen atoms in total. The van der Waals surface area contributed by atoms with Crippen LogP contribution < -0.4 is 9.47 Å². The number of ether oxygens (including phenoxy) is 4. The molecule has 4 heteroatoms. The van der Waals surface area contributed by atoms with E-state index in [4.69, 9.17) is 18.9 Å². The summed E-state index contributed by atoms with van der Waals surface area (Å²) in [6.07, 6.45) is 4.49. The van der Waals surface area contributed by atoms with Gasteiger partial charge in [-0.05, 0) is 80.1 Å². The van der Waals surface area contributed by atoms with Gasteiger partial charge in [-0.15, -0.1) is 0 Å². The Kier molecular flexibility index (Phi) is 13.2. The number of hydrogen-bond acceptors (Lipinski definition) is 4. The minimum Gasteiger partial charge on any atom is -0.490 e. The van der Waals surface area contributed by atoms with E-state index >= 15 is 0 Å². The van der Waals surface area contributed by atoms with Gasteiger partial charge in [-0.25, -0.2) is 0 Å². The van der Waals surface area contributed by atoms with Crippen molar-refractivity contribution in [2.24, 2.45) is 21.7 Å². The largest absolute Gasteiger partial charge is 0.490 e. The van der Waals surface area contributed by atoms with E-state index in [2.05, 4.69) is 177 Å². The third kappa shape index (κ3) is 13.0. The summed E-state index contributed by atoms with van der Waals surface area (Å²) in [5.74, 6) is 2.14. The van der Waals surface area contributed by atoms with Gasteiger partial charge in [0, 0.05) is 27.7 Å². The highest BCUT2D eigenvalue weighted by atomic mass is 16.6. The summed E-state index contributed by atoms with van der Waals surface area (Å²) in [7, 11) is 0. The summed E-state index contributed by atoms with van der Waals surface area (Å²) >= 11 is 0. The van der Waals surface area contributed by atoms with E-state index in [1.807, 2.05) is 0 Å². The fraction of sp³-hybridized carbons (Fsp3) is 0.774. The van der Waals surface area contributed by atoms with E-state index in [1.165, 1.54) is 33.4 Å². The van der Waals surface area contributed by atoms with Crippen LogP contribution in [0.5, 0.6) is 11.5 Å². The number of rotatable bonds is 16. The minimum atomic E-state index is -0.339. The SMILES string of the molecule is CC(C)(C)CC(C)(C)c1cc(C(C)(C)c2cc(C(C)(C)CC(C)(C)C)c(OCC3CO3)c(C(C)(C)CC(C)(C)C)c2)cc(C(C)(C)CC(C)(C)C)c1OCC1CO1. The van der Waals surface area contributed by atoms with Crippen molar-refractivity contribution in [2.45, 2.75) is 217 Å². The van der Waals surface area contributed by atoms with Crippen LogP contribution in [-0.4, -0.2) is 38.6 Å². The highest BCUT2D eigenvalue weighted by molar-refractivity contribution is 5.58. The van der Waals surface area contributed by atoms with Crippen molar-refractivity contribution in [1.82, 2.24) is 0 Å². The molecular formula is C53H88O4. The Balaban J connectivity index is 2.12. The Morgan fingerprint density at radius 3 is 0.789 bits per heavy atom. The first-order chi connectivity index (χ1) is 25.4. The Hall–Kier alpha value is -2.04. The molecule has 2 fully saturated rings. The first-order valence-electron chi connectivity index (χ1n) is 22.3. The minimum absolute atomic E-state index is 0.134. The van der Waals surface area contributed by atoms with Gasteiger partial charge >= 0.3 is 0 Å². The van der Waals surface area contributed by atoms with Crippen LogP contribution in [-0.2, 0) is 36.5 Å². The van der Waals surface area contributed by atoms with Gasteiger partial charge < -0.3 is 18.9 Å². The van der Waals surface area contributed by atoms with Gasteiger partial charge in [0.1, 0.15) is 36.9 Å². The van der Waals surface area contributed by atoms with Crippen molar-refractivity contribution in [3.8, 4) is 11.5 Å². The van der Waals surface area contributed by atoms with Crippen molar-refractivity contribution in [1.29, 1.82) is 0 Å². The molecular weight excluding hydrogens is 701 g/mol. The van der Waals surface area contributed by atoms with Crippen LogP contribution in [0.4, 0.5) is 0 Å². The van der Waals surface area contributed by atoms with Crippen LogP contribution >= 0.6 is 0 Å². The first-order valence-corrected chi connectivity index (χ1v) is 22.3. The molecule has 0 amide bonds. The van der Waals surface area contributed by atoms with Gasteiger partial charge in [0.25, 0.3) is 0 Å². The van der Waals surface area contributed by atoms with E-state index in [1.54, 1.807) is 0 Å². The zero-order chi connectivity index (χ0) is 43.6. The van der Waals surface area contributed by atoms with Gasteiger partial charge in [0.2, 0.25) is 0 Å². The quantitative estimate of drug-likeness (QED) is 0.159. The lowest BCUT2D eigenvalue weighted by Gasteiger charge is -2.41. The zero-order valence-corrected chi connectivity index (χ0v) is 41.3. The molecule has 2 aliphatic rings. The molecule has 2 aromatic rings. The first kappa shape index (κ1) is 47.6. The fourth-order valence-electron chi connectivity index (χ4n) is 10.8. The van der Waals surface area contributed by atoms with E-state index in [0.29, 0.717) is 13.2 Å². The maximum atomic E-state index is 7.00. The molecule has 2 atom stereocenters. The third-order valence-electron chi connectivity index (χ3n) is 12.1. The maximum Gasteiger partial charge on any atom is 0.126 e. The lowest BCUT2D eigenvalue weighted by molar-refractivity contribution is 0.232. The summed E-state index contributed by atoms with van der Waals surface area (Å²) < 4.78 is 25.4. The molecule has 0 bridgehead atoms. The fourth-order valence-corrected chi connectivity index (χ4v) is 10.8. The average Bonchev–Trinajstić information content (AvgIpc) is 3.89. The Morgan fingerprint density at radius 2 is 0.614 bits per heavy atom. The van der Waals surface area contributed by atoms with Gasteiger partial charge in [0.15, 0.2) is 0 Å². The highest BCUT2D eigenvalue weighted by Gasteiger charge is 2.42. The second kappa shape index (κ2) is 15.8. The standard InChI is InChI=1S/C53H88O4/c1-45(2,3)31-49(13,14)39-23-35(24-40(43(39)56-29-37-27-54-37)50(15,16)32-46(4,5)6)53(21,22)36-25-41(51(17,18)33-47(7,8)9)44(57-30-38-28-55-38)42(26-36)52(19,20)34-48(10,11)12/h23-26,37-38H,27-34H2,1-22H3. The normalized spacial score (nSPS) is 18.8. The smallest absolute Gasteiger partial charge is 0.126 e. The summed E-state index contributed by atoms with van der Waals surface area (Å²) in [4.78, 5) is 0. The van der Waals surface area contributed by atoms with Crippen molar-refractivity contribution in [3.63, 3.8) is 0 Å². The van der Waals surface area contributed by atoms with E-state index in [9.17, 15) is 0 Å². The molecule has 2 aliphatic heterocycles. The predicted octanol–water partition coefficient (Wildman–Crippen LogP) is 14.4. The molecule has 0 spiro atoms. The van der Waals surface area contributed by atoms with Crippen molar-refractivity contribution >= 4 is 0 Å². The lowest BCUT2D eigenvalue weighted by atomic mass is 9.64. The zero-order valence-electron chi connectivity index (χ0n) is 41.3. The van der Waals surface area contributed by atoms with Crippen LogP contribution in [0, 0.1) is 21.7 Å². The summed E-state index contributed by atoms with van der Waals surface area (Å²) in [6.45, 7) is 55.5. The molecule has 2 heterocycles. The Labute approximate surface area is 352 Å². The Bertz CT molecular complexity index is 1480. The third-order valence-corrected chi connectivity index (χ3v) is 12.1. The van der Waals surface area contributed by atoms with Crippen LogP contribution in [0.25, 0.3) is 0 Å². The second-order valence-electron chi connectivity index (χ2n) is 26.4. The maximum absolute atomic E-state index is 7.00. The lowest BCUT2D eigenvalue weighted by Crippen LogP contribution is -2.33. The number of hydrogen-bond donors (Lipinski definition) is 0. The molecule has 2 saturated heterocycles. The van der Waals surface area contributed by atoms with Crippen molar-refractivity contribution < 1.29 is 18.9 Å². The van der Waals surface area contributed by atoms with Crippen LogP contribution in [0.15, 0.2) is 24.3 Å². The van der Waals surface area contributed by atoms with Gasteiger partial charge in [-0.3, -0.25) is 0 Å².